The number of carbonyl (C=O) groups is 1. The molecule has 6 nitrogen and oxygen atoms in total. The van der Waals surface area contributed by atoms with Crippen LogP contribution in [0.1, 0.15) is 55.5 Å². The first-order valence-corrected chi connectivity index (χ1v) is 9.06. The molecule has 1 aliphatic rings. The second kappa shape index (κ2) is 13.0. The van der Waals surface area contributed by atoms with Crippen LogP contribution in [0.25, 0.3) is 0 Å². The van der Waals surface area contributed by atoms with Crippen LogP contribution in [0.4, 0.5) is 0 Å². The molecule has 2 rings (SSSR count). The first kappa shape index (κ1) is 21.8. The quantitative estimate of drug-likeness (QED) is 0.240. The maximum atomic E-state index is 11.7. The summed E-state index contributed by atoms with van der Waals surface area (Å²) in [5, 5.41) is 9.33. The molecule has 0 bridgehead atoms. The molecule has 0 atom stereocenters. The molecule has 1 aliphatic carbocycles. The van der Waals surface area contributed by atoms with Crippen LogP contribution in [0, 0.1) is 5.92 Å². The van der Waals surface area contributed by atoms with Gasteiger partial charge in [-0.15, -0.1) is 24.0 Å². The SMILES string of the molecule is CN=C(NCCCC1CCCCC1)NCCNC(=O)c1ccco1.I. The Hall–Kier alpha value is -1.25. The van der Waals surface area contributed by atoms with Crippen molar-refractivity contribution in [2.75, 3.05) is 26.7 Å². The van der Waals surface area contributed by atoms with E-state index >= 15 is 0 Å². The fourth-order valence-electron chi connectivity index (χ4n) is 3.15. The van der Waals surface area contributed by atoms with E-state index in [9.17, 15) is 4.79 Å². The van der Waals surface area contributed by atoms with E-state index in [4.69, 9.17) is 4.42 Å². The molecule has 1 saturated carbocycles. The Labute approximate surface area is 167 Å². The molecule has 7 heteroatoms. The summed E-state index contributed by atoms with van der Waals surface area (Å²) in [5.74, 6) is 1.84. The number of guanidine groups is 1. The van der Waals surface area contributed by atoms with E-state index in [0.717, 1.165) is 18.4 Å². The van der Waals surface area contributed by atoms with E-state index in [1.54, 1.807) is 19.2 Å². The average Bonchev–Trinajstić information content (AvgIpc) is 3.16. The zero-order chi connectivity index (χ0) is 17.0. The molecule has 25 heavy (non-hydrogen) atoms. The highest BCUT2D eigenvalue weighted by Crippen LogP contribution is 2.26. The van der Waals surface area contributed by atoms with Crippen molar-refractivity contribution in [2.24, 2.45) is 10.9 Å². The fraction of sp³-hybridized carbons (Fsp3) is 0.667. The largest absolute Gasteiger partial charge is 0.459 e. The van der Waals surface area contributed by atoms with Gasteiger partial charge in [-0.3, -0.25) is 9.79 Å². The Kier molecular flexibility index (Phi) is 11.3. The van der Waals surface area contributed by atoms with E-state index in [-0.39, 0.29) is 29.9 Å². The third-order valence-corrected chi connectivity index (χ3v) is 4.48. The Balaban J connectivity index is 0.00000312. The van der Waals surface area contributed by atoms with Crippen LogP contribution in [0.2, 0.25) is 0 Å². The summed E-state index contributed by atoms with van der Waals surface area (Å²) < 4.78 is 5.04. The summed E-state index contributed by atoms with van der Waals surface area (Å²) in [7, 11) is 1.76. The standard InChI is InChI=1S/C18H30N4O2.HI/c1-19-18(21-11-5-9-15-7-3-2-4-8-15)22-13-12-20-17(23)16-10-6-14-24-16;/h6,10,14-15H,2-5,7-9,11-13H2,1H3,(H,20,23)(H2,19,21,22);1H. The van der Waals surface area contributed by atoms with Crippen molar-refractivity contribution >= 4 is 35.8 Å². The van der Waals surface area contributed by atoms with Crippen molar-refractivity contribution in [3.05, 3.63) is 24.2 Å². The van der Waals surface area contributed by atoms with Crippen molar-refractivity contribution in [2.45, 2.75) is 44.9 Å². The van der Waals surface area contributed by atoms with Crippen LogP contribution in [0.5, 0.6) is 0 Å². The molecule has 0 aromatic carbocycles. The normalized spacial score (nSPS) is 15.3. The number of carbonyl (C=O) groups excluding carboxylic acids is 1. The smallest absolute Gasteiger partial charge is 0.287 e. The lowest BCUT2D eigenvalue weighted by atomic mass is 9.86. The van der Waals surface area contributed by atoms with Gasteiger partial charge in [0.15, 0.2) is 11.7 Å². The van der Waals surface area contributed by atoms with Gasteiger partial charge in [0.2, 0.25) is 0 Å². The summed E-state index contributed by atoms with van der Waals surface area (Å²) in [6.07, 6.45) is 11.0. The molecule has 1 heterocycles. The molecule has 142 valence electrons. The third kappa shape index (κ3) is 8.60. The van der Waals surface area contributed by atoms with Gasteiger partial charge in [-0.25, -0.2) is 0 Å². The lowest BCUT2D eigenvalue weighted by Crippen LogP contribution is -2.41. The molecular weight excluding hydrogens is 431 g/mol. The van der Waals surface area contributed by atoms with Gasteiger partial charge in [0, 0.05) is 26.7 Å². The van der Waals surface area contributed by atoms with Crippen molar-refractivity contribution in [3.63, 3.8) is 0 Å². The fourth-order valence-corrected chi connectivity index (χ4v) is 3.15. The average molecular weight is 462 g/mol. The van der Waals surface area contributed by atoms with E-state index in [1.165, 1.54) is 51.2 Å². The predicted octanol–water partition coefficient (Wildman–Crippen LogP) is 3.15. The number of nitrogens with one attached hydrogen (secondary N) is 3. The molecule has 3 N–H and O–H groups in total. The number of aliphatic imine (C=N–C) groups is 1. The number of furan rings is 1. The van der Waals surface area contributed by atoms with Crippen molar-refractivity contribution < 1.29 is 9.21 Å². The summed E-state index contributed by atoms with van der Waals surface area (Å²) in [5.41, 5.74) is 0. The van der Waals surface area contributed by atoms with Crippen LogP contribution in [0.15, 0.2) is 27.8 Å². The minimum Gasteiger partial charge on any atom is -0.459 e. The van der Waals surface area contributed by atoms with E-state index in [2.05, 4.69) is 20.9 Å². The maximum Gasteiger partial charge on any atom is 0.287 e. The minimum atomic E-state index is -0.197. The van der Waals surface area contributed by atoms with Crippen molar-refractivity contribution in [3.8, 4) is 0 Å². The molecule has 1 amide bonds. The highest BCUT2D eigenvalue weighted by atomic mass is 127. The topological polar surface area (TPSA) is 78.7 Å². The number of amides is 1. The third-order valence-electron chi connectivity index (χ3n) is 4.48. The number of hydrogen-bond donors (Lipinski definition) is 3. The van der Waals surface area contributed by atoms with E-state index < -0.39 is 0 Å². The molecule has 1 fully saturated rings. The van der Waals surface area contributed by atoms with Gasteiger partial charge in [-0.1, -0.05) is 32.1 Å². The van der Waals surface area contributed by atoms with E-state index in [0.29, 0.717) is 18.8 Å². The van der Waals surface area contributed by atoms with Gasteiger partial charge in [-0.2, -0.15) is 0 Å². The van der Waals surface area contributed by atoms with Crippen LogP contribution < -0.4 is 16.0 Å². The predicted molar refractivity (Wildman–Crippen MR) is 112 cm³/mol. The van der Waals surface area contributed by atoms with Gasteiger partial charge in [0.1, 0.15) is 0 Å². The molecule has 1 aromatic rings. The van der Waals surface area contributed by atoms with Crippen LogP contribution in [0.3, 0.4) is 0 Å². The molecule has 0 spiro atoms. The molecule has 0 aliphatic heterocycles. The van der Waals surface area contributed by atoms with Crippen LogP contribution >= 0.6 is 24.0 Å². The Bertz CT molecular complexity index is 499. The number of rotatable bonds is 8. The Morgan fingerprint density at radius 1 is 1.16 bits per heavy atom. The zero-order valence-corrected chi connectivity index (χ0v) is 17.4. The lowest BCUT2D eigenvalue weighted by molar-refractivity contribution is 0.0926. The van der Waals surface area contributed by atoms with Crippen LogP contribution in [-0.2, 0) is 0 Å². The maximum absolute atomic E-state index is 11.7. The monoisotopic (exact) mass is 462 g/mol. The summed E-state index contributed by atoms with van der Waals surface area (Å²) in [4.78, 5) is 15.9. The van der Waals surface area contributed by atoms with E-state index in [1.807, 2.05) is 0 Å². The summed E-state index contributed by atoms with van der Waals surface area (Å²) in [6, 6.07) is 3.35. The number of halogens is 1. The minimum absolute atomic E-state index is 0. The number of nitrogens with zero attached hydrogens (tertiary/aromatic N) is 1. The highest BCUT2D eigenvalue weighted by Gasteiger charge is 2.12. The first-order valence-electron chi connectivity index (χ1n) is 9.06. The van der Waals surface area contributed by atoms with Gasteiger partial charge in [0.05, 0.1) is 6.26 Å². The molecule has 0 unspecified atom stereocenters. The molecular formula is C18H31IN4O2. The second-order valence-electron chi connectivity index (χ2n) is 6.31. The Morgan fingerprint density at radius 2 is 1.88 bits per heavy atom. The molecule has 0 radical (unpaired) electrons. The van der Waals surface area contributed by atoms with Gasteiger partial charge in [0.25, 0.3) is 5.91 Å². The van der Waals surface area contributed by atoms with Gasteiger partial charge in [-0.05, 0) is 30.9 Å². The molecule has 1 aromatic heterocycles. The van der Waals surface area contributed by atoms with Crippen molar-refractivity contribution in [1.82, 2.24) is 16.0 Å². The second-order valence-corrected chi connectivity index (χ2v) is 6.31. The van der Waals surface area contributed by atoms with Gasteiger partial charge < -0.3 is 20.4 Å². The summed E-state index contributed by atoms with van der Waals surface area (Å²) >= 11 is 0. The Morgan fingerprint density at radius 3 is 2.56 bits per heavy atom. The summed E-state index contributed by atoms with van der Waals surface area (Å²) in [6.45, 7) is 2.08. The van der Waals surface area contributed by atoms with Gasteiger partial charge >= 0.3 is 0 Å². The lowest BCUT2D eigenvalue weighted by Gasteiger charge is -2.21. The first-order chi connectivity index (χ1) is 11.8. The van der Waals surface area contributed by atoms with Crippen molar-refractivity contribution in [1.29, 1.82) is 0 Å². The van der Waals surface area contributed by atoms with Crippen LogP contribution in [-0.4, -0.2) is 38.5 Å². The highest BCUT2D eigenvalue weighted by molar-refractivity contribution is 14.0. The zero-order valence-electron chi connectivity index (χ0n) is 15.1. The number of hydrogen-bond acceptors (Lipinski definition) is 3. The molecule has 0 saturated heterocycles.